The maximum Gasteiger partial charge on any atom is 0.394 e. The van der Waals surface area contributed by atoms with Gasteiger partial charge < -0.3 is 6.15 Å². The van der Waals surface area contributed by atoms with Crippen molar-refractivity contribution in [3.8, 4) is 0 Å². The molecule has 0 fully saturated rings. The average molecular weight is 254 g/mol. The Morgan fingerprint density at radius 2 is 1.14 bits per heavy atom. The standard InChI is InChI=1S/La.H3N.H2O4S/c;;1-5(2,3)4/h;1H3;(H2,1,2,3,4). The molecule has 0 amide bonds. The van der Waals surface area contributed by atoms with Crippen molar-refractivity contribution in [1.82, 2.24) is 6.15 Å². The number of rotatable bonds is 0. The van der Waals surface area contributed by atoms with E-state index in [1.165, 1.54) is 0 Å². The fraction of sp³-hybridized carbons (Fsp3) is 0. The largest absolute Gasteiger partial charge is 0.394 e. The van der Waals surface area contributed by atoms with Crippen molar-refractivity contribution >= 4 is 10.4 Å². The molecule has 7 heavy (non-hydrogen) atoms. The van der Waals surface area contributed by atoms with Crippen molar-refractivity contribution < 1.29 is 53.1 Å². The van der Waals surface area contributed by atoms with Crippen LogP contribution in [-0.4, -0.2) is 17.5 Å². The Balaban J connectivity index is -0.0000000800. The predicted octanol–water partition coefficient (Wildman–Crippen LogP) is -0.491. The third-order valence-corrected chi connectivity index (χ3v) is 0. The molecule has 0 aliphatic rings. The summed E-state index contributed by atoms with van der Waals surface area (Å²) >= 11 is 0. The summed E-state index contributed by atoms with van der Waals surface area (Å²) in [6.07, 6.45) is 0. The van der Waals surface area contributed by atoms with Crippen LogP contribution in [0.15, 0.2) is 0 Å². The Morgan fingerprint density at radius 1 is 1.14 bits per heavy atom. The summed E-state index contributed by atoms with van der Waals surface area (Å²) in [6.45, 7) is 0. The quantitative estimate of drug-likeness (QED) is 0.505. The minimum atomic E-state index is -4.67. The van der Waals surface area contributed by atoms with Crippen molar-refractivity contribution in [2.24, 2.45) is 0 Å². The minimum absolute atomic E-state index is 0. The Bertz CT molecular complexity index is 94.9. The van der Waals surface area contributed by atoms with E-state index in [0.717, 1.165) is 0 Å². The zero-order chi connectivity index (χ0) is 4.50. The molecule has 0 aromatic rings. The van der Waals surface area contributed by atoms with E-state index in [0.29, 0.717) is 0 Å². The molecule has 0 bridgehead atoms. The van der Waals surface area contributed by atoms with Crippen LogP contribution >= 0.6 is 0 Å². The second kappa shape index (κ2) is 5.17. The molecule has 0 aliphatic heterocycles. The summed E-state index contributed by atoms with van der Waals surface area (Å²) in [5, 5.41) is 0. The van der Waals surface area contributed by atoms with Gasteiger partial charge in [-0.15, -0.1) is 0 Å². The summed E-state index contributed by atoms with van der Waals surface area (Å²) in [5.41, 5.74) is 0. The molecule has 0 aromatic heterocycles. The van der Waals surface area contributed by atoms with Gasteiger partial charge in [0.15, 0.2) is 0 Å². The van der Waals surface area contributed by atoms with Crippen LogP contribution in [0.3, 0.4) is 0 Å². The first kappa shape index (κ1) is 15.7. The van der Waals surface area contributed by atoms with Crippen LogP contribution < -0.4 is 6.15 Å². The molecule has 0 unspecified atom stereocenters. The van der Waals surface area contributed by atoms with Crippen LogP contribution in [0, 0.1) is 35.6 Å². The average Bonchev–Trinajstić information content (AvgIpc) is 0.722. The van der Waals surface area contributed by atoms with Gasteiger partial charge >= 0.3 is 10.4 Å². The molecule has 0 rings (SSSR count). The third-order valence-electron chi connectivity index (χ3n) is 0. The van der Waals surface area contributed by atoms with Gasteiger partial charge in [-0.25, -0.2) is 0 Å². The zero-order valence-electron chi connectivity index (χ0n) is 3.40. The van der Waals surface area contributed by atoms with Crippen LogP contribution in [-0.2, 0) is 10.4 Å². The number of hydrogen-bond acceptors (Lipinski definition) is 3. The fourth-order valence-corrected chi connectivity index (χ4v) is 0. The second-order valence-electron chi connectivity index (χ2n) is 0.448. The molecular weight excluding hydrogens is 249 g/mol. The van der Waals surface area contributed by atoms with Gasteiger partial charge in [0.25, 0.3) is 0 Å². The zero-order valence-corrected chi connectivity index (χ0v) is 7.85. The SMILES string of the molecule is N.O=S(=O)(O)O.[La]. The Morgan fingerprint density at radius 3 is 1.14 bits per heavy atom. The van der Waals surface area contributed by atoms with Crippen molar-refractivity contribution in [3.63, 3.8) is 0 Å². The predicted molar refractivity (Wildman–Crippen MR) is 19.2 cm³/mol. The van der Waals surface area contributed by atoms with E-state index in [4.69, 9.17) is 17.5 Å². The molecule has 5 N–H and O–H groups in total. The van der Waals surface area contributed by atoms with Crippen LogP contribution in [0.1, 0.15) is 0 Å². The van der Waals surface area contributed by atoms with E-state index < -0.39 is 10.4 Å². The van der Waals surface area contributed by atoms with Gasteiger partial charge in [-0.3, -0.25) is 9.11 Å². The van der Waals surface area contributed by atoms with Crippen LogP contribution in [0.25, 0.3) is 0 Å². The molecule has 0 spiro atoms. The molecule has 7 heteroatoms. The summed E-state index contributed by atoms with van der Waals surface area (Å²) < 4.78 is 31.6. The van der Waals surface area contributed by atoms with E-state index in [9.17, 15) is 0 Å². The van der Waals surface area contributed by atoms with Gasteiger partial charge in [0.1, 0.15) is 0 Å². The van der Waals surface area contributed by atoms with E-state index >= 15 is 0 Å². The minimum Gasteiger partial charge on any atom is -0.344 e. The van der Waals surface area contributed by atoms with Gasteiger partial charge in [-0.2, -0.15) is 8.42 Å². The second-order valence-corrected chi connectivity index (χ2v) is 1.34. The first-order valence-electron chi connectivity index (χ1n) is 0.698. The summed E-state index contributed by atoms with van der Waals surface area (Å²) in [7, 11) is -4.67. The molecule has 1 radical (unpaired) electrons. The van der Waals surface area contributed by atoms with E-state index in [1.807, 2.05) is 0 Å². The maximum atomic E-state index is 8.74. The Kier molecular flexibility index (Phi) is 11.6. The van der Waals surface area contributed by atoms with Crippen LogP contribution in [0.4, 0.5) is 0 Å². The normalized spacial score (nSPS) is 8.29. The van der Waals surface area contributed by atoms with Crippen molar-refractivity contribution in [1.29, 1.82) is 0 Å². The van der Waals surface area contributed by atoms with Gasteiger partial charge in [0, 0.05) is 35.6 Å². The molecule has 0 atom stereocenters. The molecule has 0 aliphatic carbocycles. The summed E-state index contributed by atoms with van der Waals surface area (Å²) in [5.74, 6) is 0. The van der Waals surface area contributed by atoms with Crippen LogP contribution in [0.5, 0.6) is 0 Å². The first-order valence-corrected chi connectivity index (χ1v) is 2.10. The Labute approximate surface area is 69.2 Å². The van der Waals surface area contributed by atoms with Crippen molar-refractivity contribution in [2.75, 3.05) is 0 Å². The van der Waals surface area contributed by atoms with Gasteiger partial charge in [-0.05, 0) is 0 Å². The van der Waals surface area contributed by atoms with Gasteiger partial charge in [0.05, 0.1) is 0 Å². The van der Waals surface area contributed by atoms with Gasteiger partial charge in [-0.1, -0.05) is 0 Å². The summed E-state index contributed by atoms with van der Waals surface area (Å²) in [6, 6.07) is 0. The molecule has 5 nitrogen and oxygen atoms in total. The first-order chi connectivity index (χ1) is 2.00. The maximum absolute atomic E-state index is 8.74. The molecule has 0 saturated heterocycles. The van der Waals surface area contributed by atoms with Crippen molar-refractivity contribution in [2.45, 2.75) is 0 Å². The van der Waals surface area contributed by atoms with Gasteiger partial charge in [0.2, 0.25) is 0 Å². The van der Waals surface area contributed by atoms with E-state index in [2.05, 4.69) is 0 Å². The molecule has 0 heterocycles. The van der Waals surface area contributed by atoms with E-state index in [-0.39, 0.29) is 41.7 Å². The number of hydrogen-bond donors (Lipinski definition) is 3. The Hall–Kier alpha value is 1.02. The van der Waals surface area contributed by atoms with Crippen molar-refractivity contribution in [3.05, 3.63) is 0 Å². The van der Waals surface area contributed by atoms with Crippen LogP contribution in [0.2, 0.25) is 0 Å². The fourth-order valence-electron chi connectivity index (χ4n) is 0. The smallest absolute Gasteiger partial charge is 0.344 e. The molecule has 0 saturated carbocycles. The molecule has 0 aromatic carbocycles. The molecule has 43 valence electrons. The third kappa shape index (κ3) is 169. The topological polar surface area (TPSA) is 110 Å². The monoisotopic (exact) mass is 254 g/mol. The molecular formula is H5LaNO4S. The van der Waals surface area contributed by atoms with E-state index in [1.54, 1.807) is 0 Å². The summed E-state index contributed by atoms with van der Waals surface area (Å²) in [4.78, 5) is 0.